The molecule has 1 saturated carbocycles. The Morgan fingerprint density at radius 2 is 1.90 bits per heavy atom. The Balaban J connectivity index is 2.25. The maximum atomic E-state index is 12.6. The second-order valence-electron chi connectivity index (χ2n) is 5.24. The number of halogens is 1. The maximum Gasteiger partial charge on any atom is 0.243 e. The molecule has 1 aliphatic carbocycles. The van der Waals surface area contributed by atoms with Crippen LogP contribution in [0.25, 0.3) is 0 Å². The molecule has 0 heterocycles. The molecule has 0 bridgehead atoms. The van der Waals surface area contributed by atoms with Crippen molar-refractivity contribution in [2.24, 2.45) is 0 Å². The minimum Gasteiger partial charge on any atom is -0.389 e. The number of sulfonamides is 1. The van der Waals surface area contributed by atoms with E-state index in [0.29, 0.717) is 11.4 Å². The van der Waals surface area contributed by atoms with Crippen LogP contribution in [0.15, 0.2) is 29.2 Å². The molecule has 5 nitrogen and oxygen atoms in total. The van der Waals surface area contributed by atoms with Gasteiger partial charge in [0.2, 0.25) is 10.0 Å². The monoisotopic (exact) mass is 333 g/mol. The quantitative estimate of drug-likeness (QED) is 0.913. The summed E-state index contributed by atoms with van der Waals surface area (Å²) in [5.41, 5.74) is 0. The fourth-order valence-electron chi connectivity index (χ4n) is 2.72. The minimum atomic E-state index is -3.66. The van der Waals surface area contributed by atoms with Gasteiger partial charge in [-0.25, -0.2) is 8.42 Å². The van der Waals surface area contributed by atoms with Gasteiger partial charge in [0.1, 0.15) is 0 Å². The third-order valence-corrected chi connectivity index (χ3v) is 6.17. The van der Waals surface area contributed by atoms with Crippen LogP contribution in [-0.4, -0.2) is 50.2 Å². The van der Waals surface area contributed by atoms with E-state index in [1.807, 2.05) is 0 Å². The van der Waals surface area contributed by atoms with Gasteiger partial charge >= 0.3 is 0 Å². The van der Waals surface area contributed by atoms with Crippen molar-refractivity contribution in [3.63, 3.8) is 0 Å². The summed E-state index contributed by atoms with van der Waals surface area (Å²) in [6, 6.07) is 5.54. The van der Waals surface area contributed by atoms with E-state index in [0.717, 1.165) is 12.8 Å². The van der Waals surface area contributed by atoms with E-state index in [1.54, 1.807) is 0 Å². The van der Waals surface area contributed by atoms with Crippen LogP contribution in [0.3, 0.4) is 0 Å². The van der Waals surface area contributed by atoms with E-state index in [2.05, 4.69) is 0 Å². The van der Waals surface area contributed by atoms with Gasteiger partial charge in [-0.15, -0.1) is 0 Å². The SMILES string of the molecule is CO[C@@H]1CCC[C@@H](N(C)S(=O)(=O)c2ccc(Cl)cc2)[C@H]1O. The number of methoxy groups -OCH3 is 1. The summed E-state index contributed by atoms with van der Waals surface area (Å²) in [6.07, 6.45) is 1.02. The van der Waals surface area contributed by atoms with Crippen LogP contribution in [0, 0.1) is 0 Å². The second-order valence-corrected chi connectivity index (χ2v) is 7.67. The van der Waals surface area contributed by atoms with Crippen LogP contribution in [0.4, 0.5) is 0 Å². The van der Waals surface area contributed by atoms with Crippen molar-refractivity contribution in [2.45, 2.75) is 42.4 Å². The number of aliphatic hydroxyl groups excluding tert-OH is 1. The molecule has 1 aromatic rings. The van der Waals surface area contributed by atoms with Crippen LogP contribution >= 0.6 is 11.6 Å². The highest BCUT2D eigenvalue weighted by molar-refractivity contribution is 7.89. The number of aliphatic hydroxyl groups is 1. The van der Waals surface area contributed by atoms with Crippen molar-refractivity contribution < 1.29 is 18.3 Å². The third kappa shape index (κ3) is 3.40. The van der Waals surface area contributed by atoms with Crippen LogP contribution in [0.2, 0.25) is 5.02 Å². The first-order chi connectivity index (χ1) is 9.87. The number of hydrogen-bond donors (Lipinski definition) is 1. The van der Waals surface area contributed by atoms with Gasteiger partial charge in [-0.1, -0.05) is 11.6 Å². The van der Waals surface area contributed by atoms with Gasteiger partial charge in [0.25, 0.3) is 0 Å². The van der Waals surface area contributed by atoms with Crippen molar-refractivity contribution in [2.75, 3.05) is 14.2 Å². The van der Waals surface area contributed by atoms with Gasteiger partial charge in [-0.05, 0) is 43.5 Å². The fourth-order valence-corrected chi connectivity index (χ4v) is 4.25. The van der Waals surface area contributed by atoms with E-state index >= 15 is 0 Å². The molecule has 3 atom stereocenters. The number of benzene rings is 1. The minimum absolute atomic E-state index is 0.168. The molecule has 0 spiro atoms. The summed E-state index contributed by atoms with van der Waals surface area (Å²) in [7, 11) is -0.633. The van der Waals surface area contributed by atoms with Crippen molar-refractivity contribution in [3.05, 3.63) is 29.3 Å². The Labute approximate surface area is 130 Å². The first-order valence-electron chi connectivity index (χ1n) is 6.82. The summed E-state index contributed by atoms with van der Waals surface area (Å²) in [5, 5.41) is 10.8. The molecular formula is C14H20ClNO4S. The number of rotatable bonds is 4. The highest BCUT2D eigenvalue weighted by atomic mass is 35.5. The van der Waals surface area contributed by atoms with Crippen molar-refractivity contribution in [3.8, 4) is 0 Å². The predicted octanol–water partition coefficient (Wildman–Crippen LogP) is 1.89. The van der Waals surface area contributed by atoms with Gasteiger partial charge in [0.05, 0.1) is 23.1 Å². The summed E-state index contributed by atoms with van der Waals surface area (Å²) in [5.74, 6) is 0. The second kappa shape index (κ2) is 6.62. The summed E-state index contributed by atoms with van der Waals surface area (Å²) < 4.78 is 31.7. The van der Waals surface area contributed by atoms with Gasteiger partial charge in [0, 0.05) is 19.2 Å². The lowest BCUT2D eigenvalue weighted by Crippen LogP contribution is -2.52. The highest BCUT2D eigenvalue weighted by Crippen LogP contribution is 2.28. The lowest BCUT2D eigenvalue weighted by molar-refractivity contribution is -0.0644. The molecule has 1 aliphatic rings. The average molecular weight is 334 g/mol. The topological polar surface area (TPSA) is 66.8 Å². The molecule has 0 radical (unpaired) electrons. The number of nitrogens with zero attached hydrogens (tertiary/aromatic N) is 1. The molecule has 1 aromatic carbocycles. The Bertz CT molecular complexity index is 575. The maximum absolute atomic E-state index is 12.6. The van der Waals surface area contributed by atoms with Gasteiger partial charge in [-0.3, -0.25) is 0 Å². The lowest BCUT2D eigenvalue weighted by Gasteiger charge is -2.38. The summed E-state index contributed by atoms with van der Waals surface area (Å²) in [4.78, 5) is 0.168. The Kier molecular flexibility index (Phi) is 5.27. The van der Waals surface area contributed by atoms with E-state index in [1.165, 1.54) is 42.7 Å². The number of likely N-dealkylation sites (N-methyl/N-ethyl adjacent to an activating group) is 1. The van der Waals surface area contributed by atoms with Gasteiger partial charge in [0.15, 0.2) is 0 Å². The van der Waals surface area contributed by atoms with Crippen molar-refractivity contribution in [1.82, 2.24) is 4.31 Å². The zero-order valence-corrected chi connectivity index (χ0v) is 13.6. The van der Waals surface area contributed by atoms with Crippen LogP contribution in [-0.2, 0) is 14.8 Å². The van der Waals surface area contributed by atoms with Gasteiger partial charge < -0.3 is 9.84 Å². The zero-order chi connectivity index (χ0) is 15.6. The molecule has 1 N–H and O–H groups in total. The summed E-state index contributed by atoms with van der Waals surface area (Å²) >= 11 is 5.79. The van der Waals surface area contributed by atoms with Crippen LogP contribution < -0.4 is 0 Å². The number of ether oxygens (including phenoxy) is 1. The largest absolute Gasteiger partial charge is 0.389 e. The van der Waals surface area contributed by atoms with Crippen LogP contribution in [0.1, 0.15) is 19.3 Å². The Morgan fingerprint density at radius 1 is 1.29 bits per heavy atom. The van der Waals surface area contributed by atoms with Crippen LogP contribution in [0.5, 0.6) is 0 Å². The standard InChI is InChI=1S/C14H20ClNO4S/c1-16(12-4-3-5-13(20-2)14(12)17)21(18,19)11-8-6-10(15)7-9-11/h6-9,12-14,17H,3-5H2,1-2H3/t12-,13-,14-/m1/s1. The molecule has 21 heavy (non-hydrogen) atoms. The first kappa shape index (κ1) is 16.7. The molecule has 0 aromatic heterocycles. The highest BCUT2D eigenvalue weighted by Gasteiger charge is 2.39. The van der Waals surface area contributed by atoms with E-state index < -0.39 is 22.2 Å². The van der Waals surface area contributed by atoms with Crippen molar-refractivity contribution >= 4 is 21.6 Å². The first-order valence-corrected chi connectivity index (χ1v) is 8.64. The molecule has 2 rings (SSSR count). The molecular weight excluding hydrogens is 314 g/mol. The van der Waals surface area contributed by atoms with E-state index in [9.17, 15) is 13.5 Å². The molecule has 0 amide bonds. The smallest absolute Gasteiger partial charge is 0.243 e. The van der Waals surface area contributed by atoms with E-state index in [-0.39, 0.29) is 11.0 Å². The molecule has 0 unspecified atom stereocenters. The average Bonchev–Trinajstić information content (AvgIpc) is 2.47. The zero-order valence-electron chi connectivity index (χ0n) is 12.1. The molecule has 118 valence electrons. The van der Waals surface area contributed by atoms with E-state index in [4.69, 9.17) is 16.3 Å². The predicted molar refractivity (Wildman–Crippen MR) is 80.8 cm³/mol. The fraction of sp³-hybridized carbons (Fsp3) is 0.571. The molecule has 0 saturated heterocycles. The Hall–Kier alpha value is -0.660. The number of hydrogen-bond acceptors (Lipinski definition) is 4. The molecule has 7 heteroatoms. The summed E-state index contributed by atoms with van der Waals surface area (Å²) in [6.45, 7) is 0. The van der Waals surface area contributed by atoms with Gasteiger partial charge in [-0.2, -0.15) is 4.31 Å². The third-order valence-electron chi connectivity index (χ3n) is 4.02. The Morgan fingerprint density at radius 3 is 2.48 bits per heavy atom. The van der Waals surface area contributed by atoms with Crippen molar-refractivity contribution in [1.29, 1.82) is 0 Å². The normalized spacial score (nSPS) is 27.0. The molecule has 1 fully saturated rings. The molecule has 0 aliphatic heterocycles. The lowest BCUT2D eigenvalue weighted by atomic mass is 9.90.